The van der Waals surface area contributed by atoms with E-state index in [1.165, 1.54) is 6.07 Å². The number of hydrogen-bond acceptors (Lipinski definition) is 6. The van der Waals surface area contributed by atoms with Crippen molar-refractivity contribution in [1.29, 1.82) is 0 Å². The second kappa shape index (κ2) is 8.72. The summed E-state index contributed by atoms with van der Waals surface area (Å²) in [6.45, 7) is 2.02. The normalized spacial score (nSPS) is 10.3. The maximum Gasteiger partial charge on any atom is 0.349 e. The van der Waals surface area contributed by atoms with Crippen molar-refractivity contribution in [3.63, 3.8) is 0 Å². The number of carbonyl (C=O) groups excluding carboxylic acids is 2. The zero-order valence-corrected chi connectivity index (χ0v) is 15.1. The quantitative estimate of drug-likeness (QED) is 0.499. The Morgan fingerprint density at radius 1 is 0.964 bits per heavy atom. The van der Waals surface area contributed by atoms with E-state index in [1.54, 1.807) is 42.5 Å². The number of amides is 2. The van der Waals surface area contributed by atoms with Gasteiger partial charge in [0.1, 0.15) is 22.6 Å². The van der Waals surface area contributed by atoms with Crippen LogP contribution in [0.1, 0.15) is 17.3 Å². The number of hydrazine groups is 1. The average Bonchev–Trinajstić information content (AvgIpc) is 2.71. The lowest BCUT2D eigenvalue weighted by molar-refractivity contribution is -0.123. The maximum atomic E-state index is 12.2. The molecule has 0 spiro atoms. The molecule has 0 saturated heterocycles. The molecule has 1 heterocycles. The zero-order chi connectivity index (χ0) is 19.9. The summed E-state index contributed by atoms with van der Waals surface area (Å²) < 4.78 is 15.8. The Balaban J connectivity index is 1.62. The van der Waals surface area contributed by atoms with Crippen molar-refractivity contribution in [2.75, 3.05) is 13.2 Å². The van der Waals surface area contributed by atoms with Crippen LogP contribution in [0.4, 0.5) is 0 Å². The van der Waals surface area contributed by atoms with Crippen LogP contribution >= 0.6 is 0 Å². The van der Waals surface area contributed by atoms with Crippen LogP contribution in [0.15, 0.2) is 63.8 Å². The van der Waals surface area contributed by atoms with Crippen LogP contribution in [0.3, 0.4) is 0 Å². The molecule has 0 saturated carbocycles. The van der Waals surface area contributed by atoms with E-state index in [4.69, 9.17) is 13.9 Å². The minimum absolute atomic E-state index is 0.235. The highest BCUT2D eigenvalue weighted by Gasteiger charge is 2.15. The summed E-state index contributed by atoms with van der Waals surface area (Å²) in [6, 6.07) is 15.1. The van der Waals surface area contributed by atoms with Crippen molar-refractivity contribution in [3.8, 4) is 11.5 Å². The Bertz CT molecular complexity index is 1050. The third-order valence-electron chi connectivity index (χ3n) is 3.69. The van der Waals surface area contributed by atoms with Gasteiger partial charge in [-0.25, -0.2) is 4.79 Å². The van der Waals surface area contributed by atoms with Gasteiger partial charge in [0.05, 0.1) is 6.61 Å². The van der Waals surface area contributed by atoms with Crippen LogP contribution in [0.5, 0.6) is 11.5 Å². The van der Waals surface area contributed by atoms with E-state index in [2.05, 4.69) is 10.9 Å². The first kappa shape index (κ1) is 19.0. The lowest BCUT2D eigenvalue weighted by Crippen LogP contribution is -2.45. The predicted octanol–water partition coefficient (Wildman–Crippen LogP) is 2.03. The fourth-order valence-electron chi connectivity index (χ4n) is 2.40. The number of carbonyl (C=O) groups is 2. The second-order valence-corrected chi connectivity index (χ2v) is 5.68. The Kier molecular flexibility index (Phi) is 5.91. The molecule has 0 aliphatic carbocycles. The highest BCUT2D eigenvalue weighted by atomic mass is 16.5. The van der Waals surface area contributed by atoms with Gasteiger partial charge in [-0.1, -0.05) is 18.2 Å². The molecule has 3 rings (SSSR count). The largest absolute Gasteiger partial charge is 0.494 e. The Morgan fingerprint density at radius 2 is 1.75 bits per heavy atom. The van der Waals surface area contributed by atoms with E-state index in [9.17, 15) is 14.4 Å². The lowest BCUT2D eigenvalue weighted by Gasteiger charge is -2.09. The van der Waals surface area contributed by atoms with E-state index in [1.807, 2.05) is 13.0 Å². The molecule has 0 atom stereocenters. The van der Waals surface area contributed by atoms with Gasteiger partial charge in [-0.15, -0.1) is 0 Å². The maximum absolute atomic E-state index is 12.2. The first-order valence-corrected chi connectivity index (χ1v) is 8.54. The zero-order valence-electron chi connectivity index (χ0n) is 15.1. The summed E-state index contributed by atoms with van der Waals surface area (Å²) >= 11 is 0. The molecule has 28 heavy (non-hydrogen) atoms. The molecule has 2 amide bonds. The van der Waals surface area contributed by atoms with Gasteiger partial charge in [-0.3, -0.25) is 20.4 Å². The first-order chi connectivity index (χ1) is 13.6. The van der Waals surface area contributed by atoms with Crippen molar-refractivity contribution < 1.29 is 23.5 Å². The second-order valence-electron chi connectivity index (χ2n) is 5.68. The van der Waals surface area contributed by atoms with Crippen LogP contribution in [-0.4, -0.2) is 25.0 Å². The molecule has 0 aliphatic heterocycles. The van der Waals surface area contributed by atoms with Gasteiger partial charge in [0.25, 0.3) is 11.8 Å². The fraction of sp³-hybridized carbons (Fsp3) is 0.150. The van der Waals surface area contributed by atoms with E-state index in [0.717, 1.165) is 0 Å². The number of rotatable bonds is 6. The Labute approximate surface area is 160 Å². The van der Waals surface area contributed by atoms with Crippen LogP contribution < -0.4 is 26.0 Å². The molecule has 0 unspecified atom stereocenters. The summed E-state index contributed by atoms with van der Waals surface area (Å²) in [6.07, 6.45) is 0. The number of nitrogens with one attached hydrogen (secondary N) is 2. The Hall–Kier alpha value is -3.81. The average molecular weight is 382 g/mol. The Morgan fingerprint density at radius 3 is 2.50 bits per heavy atom. The van der Waals surface area contributed by atoms with Gasteiger partial charge in [0.2, 0.25) is 0 Å². The highest BCUT2D eigenvalue weighted by molar-refractivity contribution is 5.97. The molecule has 144 valence electrons. The van der Waals surface area contributed by atoms with Gasteiger partial charge >= 0.3 is 5.63 Å². The van der Waals surface area contributed by atoms with Gasteiger partial charge in [-0.05, 0) is 37.3 Å². The lowest BCUT2D eigenvalue weighted by atomic mass is 10.1. The monoisotopic (exact) mass is 382 g/mol. The number of para-hydroxylation sites is 1. The standard InChI is InChI=1S/C20H18N2O6/c1-2-26-15-9-8-13-10-16(20(25)28-17(13)11-15)19(24)22-21-18(23)12-27-14-6-4-3-5-7-14/h3-11H,2,12H2,1H3,(H,21,23)(H,22,24). The van der Waals surface area contributed by atoms with E-state index in [-0.39, 0.29) is 12.2 Å². The van der Waals surface area contributed by atoms with E-state index in [0.29, 0.717) is 29.1 Å². The number of hydrogen-bond donors (Lipinski definition) is 2. The summed E-state index contributed by atoms with van der Waals surface area (Å²) in [7, 11) is 0. The molecular formula is C20H18N2O6. The molecule has 8 nitrogen and oxygen atoms in total. The molecule has 2 aromatic carbocycles. The van der Waals surface area contributed by atoms with Gasteiger partial charge < -0.3 is 13.9 Å². The molecule has 0 fully saturated rings. The molecule has 1 aromatic heterocycles. The van der Waals surface area contributed by atoms with Crippen LogP contribution in [0, 0.1) is 0 Å². The van der Waals surface area contributed by atoms with Crippen molar-refractivity contribution >= 4 is 22.8 Å². The van der Waals surface area contributed by atoms with Crippen LogP contribution in [0.25, 0.3) is 11.0 Å². The van der Waals surface area contributed by atoms with Gasteiger partial charge in [0.15, 0.2) is 6.61 Å². The highest BCUT2D eigenvalue weighted by Crippen LogP contribution is 2.20. The number of benzene rings is 2. The molecule has 2 N–H and O–H groups in total. The first-order valence-electron chi connectivity index (χ1n) is 8.54. The van der Waals surface area contributed by atoms with E-state index >= 15 is 0 Å². The van der Waals surface area contributed by atoms with Crippen molar-refractivity contribution in [3.05, 3.63) is 70.6 Å². The summed E-state index contributed by atoms with van der Waals surface area (Å²) in [5.74, 6) is -0.298. The molecule has 8 heteroatoms. The molecule has 0 aliphatic rings. The molecule has 0 bridgehead atoms. The van der Waals surface area contributed by atoms with Crippen LogP contribution in [-0.2, 0) is 4.79 Å². The SMILES string of the molecule is CCOc1ccc2cc(C(=O)NNC(=O)COc3ccccc3)c(=O)oc2c1. The summed E-state index contributed by atoms with van der Waals surface area (Å²) in [4.78, 5) is 36.1. The topological polar surface area (TPSA) is 107 Å². The summed E-state index contributed by atoms with van der Waals surface area (Å²) in [5.41, 5.74) is 3.60. The number of fused-ring (bicyclic) bond motifs is 1. The van der Waals surface area contributed by atoms with Gasteiger partial charge in [-0.2, -0.15) is 0 Å². The predicted molar refractivity (Wildman–Crippen MR) is 101 cm³/mol. The summed E-state index contributed by atoms with van der Waals surface area (Å²) in [5, 5.41) is 0.548. The third-order valence-corrected chi connectivity index (χ3v) is 3.69. The van der Waals surface area contributed by atoms with Crippen LogP contribution in [0.2, 0.25) is 0 Å². The third kappa shape index (κ3) is 4.67. The van der Waals surface area contributed by atoms with E-state index < -0.39 is 17.4 Å². The van der Waals surface area contributed by atoms with Crippen molar-refractivity contribution in [1.82, 2.24) is 10.9 Å². The fourth-order valence-corrected chi connectivity index (χ4v) is 2.40. The molecule has 3 aromatic rings. The molecular weight excluding hydrogens is 364 g/mol. The van der Waals surface area contributed by atoms with Crippen molar-refractivity contribution in [2.45, 2.75) is 6.92 Å². The number of ether oxygens (including phenoxy) is 2. The smallest absolute Gasteiger partial charge is 0.349 e. The van der Waals surface area contributed by atoms with Crippen molar-refractivity contribution in [2.24, 2.45) is 0 Å². The molecule has 0 radical (unpaired) electrons. The minimum atomic E-state index is -0.826. The minimum Gasteiger partial charge on any atom is -0.494 e. The van der Waals surface area contributed by atoms with Gasteiger partial charge in [0, 0.05) is 11.5 Å².